The average molecular weight is 444 g/mol. The Hall–Kier alpha value is -0.340. The number of hydrogen-bond donors (Lipinski definition) is 1. The van der Waals surface area contributed by atoms with Gasteiger partial charge in [-0.2, -0.15) is 0 Å². The van der Waals surface area contributed by atoms with E-state index >= 15 is 0 Å². The molecule has 2 nitrogen and oxygen atoms in total. The van der Waals surface area contributed by atoms with Crippen molar-refractivity contribution in [2.45, 2.75) is 118 Å². The van der Waals surface area contributed by atoms with E-state index in [2.05, 4.69) is 40.7 Å². The summed E-state index contributed by atoms with van der Waals surface area (Å²) >= 11 is 0. The summed E-state index contributed by atoms with van der Waals surface area (Å²) in [6.07, 6.45) is 19.5. The Bertz CT molecular complexity index is 655. The molecule has 0 aromatic carbocycles. The minimum atomic E-state index is 0.439. The zero-order valence-corrected chi connectivity index (χ0v) is 22.0. The molecule has 0 heterocycles. The van der Waals surface area contributed by atoms with E-state index < -0.39 is 0 Å². The SMILES string of the molecule is CC(C)CCC[C@@H](C)[C@H]1CCC2C3CC=C4C[C@@H](OCCCN)CC[C@]4(C)C3CC[C@@]21C. The van der Waals surface area contributed by atoms with Gasteiger partial charge in [-0.15, -0.1) is 0 Å². The summed E-state index contributed by atoms with van der Waals surface area (Å²) < 4.78 is 6.21. The van der Waals surface area contributed by atoms with Crippen LogP contribution in [0, 0.1) is 46.3 Å². The minimum absolute atomic E-state index is 0.439. The number of fused-ring (bicyclic) bond motifs is 5. The summed E-state index contributed by atoms with van der Waals surface area (Å²) in [6, 6.07) is 0. The third-order valence-electron chi connectivity index (χ3n) is 11.0. The van der Waals surface area contributed by atoms with E-state index in [4.69, 9.17) is 10.5 Å². The van der Waals surface area contributed by atoms with Crippen molar-refractivity contribution in [1.29, 1.82) is 0 Å². The van der Waals surface area contributed by atoms with Crippen LogP contribution in [0.4, 0.5) is 0 Å². The second-order valence-electron chi connectivity index (χ2n) is 13.2. The highest BCUT2D eigenvalue weighted by Crippen LogP contribution is 2.67. The van der Waals surface area contributed by atoms with Crippen LogP contribution in [0.15, 0.2) is 11.6 Å². The zero-order valence-electron chi connectivity index (χ0n) is 22.0. The first kappa shape index (κ1) is 24.8. The van der Waals surface area contributed by atoms with Crippen LogP contribution < -0.4 is 5.73 Å². The molecule has 3 saturated carbocycles. The fourth-order valence-corrected chi connectivity index (χ4v) is 9.13. The van der Waals surface area contributed by atoms with E-state index in [-0.39, 0.29) is 0 Å². The Kier molecular flexibility index (Phi) is 7.82. The summed E-state index contributed by atoms with van der Waals surface area (Å²) in [6.45, 7) is 14.3. The van der Waals surface area contributed by atoms with E-state index in [1.54, 1.807) is 5.57 Å². The third kappa shape index (κ3) is 4.61. The van der Waals surface area contributed by atoms with Crippen molar-refractivity contribution in [3.05, 3.63) is 11.6 Å². The Labute approximate surface area is 199 Å². The van der Waals surface area contributed by atoms with Crippen LogP contribution in [0.1, 0.15) is 112 Å². The monoisotopic (exact) mass is 443 g/mol. The quantitative estimate of drug-likeness (QED) is 0.292. The highest BCUT2D eigenvalue weighted by Gasteiger charge is 2.59. The molecular formula is C30H53NO. The number of nitrogens with two attached hydrogens (primary N) is 1. The molecule has 3 unspecified atom stereocenters. The molecule has 2 N–H and O–H groups in total. The maximum Gasteiger partial charge on any atom is 0.0612 e. The predicted octanol–water partition coefficient (Wildman–Crippen LogP) is 7.76. The first-order valence-electron chi connectivity index (χ1n) is 14.3. The van der Waals surface area contributed by atoms with Crippen LogP contribution in [-0.4, -0.2) is 19.3 Å². The smallest absolute Gasteiger partial charge is 0.0612 e. The largest absolute Gasteiger partial charge is 0.378 e. The van der Waals surface area contributed by atoms with Gasteiger partial charge < -0.3 is 10.5 Å². The van der Waals surface area contributed by atoms with Gasteiger partial charge in [-0.3, -0.25) is 0 Å². The number of allylic oxidation sites excluding steroid dienone is 1. The standard InChI is InChI=1S/C30H53NO/c1-21(2)8-6-9-22(3)26-12-13-27-25-11-10-23-20-24(32-19-7-18-31)14-16-29(23,4)28(25)15-17-30(26,27)5/h10,21-22,24-28H,6-9,11-20,31H2,1-5H3/t22-,24+,25?,26-,27?,28?,29+,30-/m1/s1. The first-order chi connectivity index (χ1) is 15.3. The summed E-state index contributed by atoms with van der Waals surface area (Å²) in [5.74, 6) is 5.55. The topological polar surface area (TPSA) is 35.2 Å². The predicted molar refractivity (Wildman–Crippen MR) is 136 cm³/mol. The van der Waals surface area contributed by atoms with Gasteiger partial charge in [0.1, 0.15) is 0 Å². The molecule has 0 spiro atoms. The van der Waals surface area contributed by atoms with Crippen molar-refractivity contribution >= 4 is 0 Å². The van der Waals surface area contributed by atoms with Crippen LogP contribution in [-0.2, 0) is 4.74 Å². The molecular weight excluding hydrogens is 390 g/mol. The van der Waals surface area contributed by atoms with Crippen molar-refractivity contribution in [3.63, 3.8) is 0 Å². The van der Waals surface area contributed by atoms with Crippen LogP contribution in [0.5, 0.6) is 0 Å². The van der Waals surface area contributed by atoms with Crippen LogP contribution >= 0.6 is 0 Å². The van der Waals surface area contributed by atoms with Crippen LogP contribution in [0.3, 0.4) is 0 Å². The molecule has 0 amide bonds. The van der Waals surface area contributed by atoms with E-state index in [1.807, 2.05) is 0 Å². The molecule has 0 radical (unpaired) electrons. The molecule has 8 atom stereocenters. The van der Waals surface area contributed by atoms with Gasteiger partial charge in [0.05, 0.1) is 6.10 Å². The fraction of sp³-hybridized carbons (Fsp3) is 0.933. The van der Waals surface area contributed by atoms with Gasteiger partial charge >= 0.3 is 0 Å². The van der Waals surface area contributed by atoms with Gasteiger partial charge in [0.25, 0.3) is 0 Å². The highest BCUT2D eigenvalue weighted by atomic mass is 16.5. The molecule has 2 heteroatoms. The highest BCUT2D eigenvalue weighted by molar-refractivity contribution is 5.25. The second kappa shape index (κ2) is 10.1. The van der Waals surface area contributed by atoms with Gasteiger partial charge in [0.2, 0.25) is 0 Å². The Morgan fingerprint density at radius 1 is 1.00 bits per heavy atom. The lowest BCUT2D eigenvalue weighted by Crippen LogP contribution is -2.51. The van der Waals surface area contributed by atoms with Gasteiger partial charge in [-0.1, -0.05) is 65.5 Å². The van der Waals surface area contributed by atoms with Gasteiger partial charge in [-0.05, 0) is 111 Å². The van der Waals surface area contributed by atoms with Crippen molar-refractivity contribution in [2.24, 2.45) is 52.1 Å². The molecule has 0 bridgehead atoms. The van der Waals surface area contributed by atoms with Crippen molar-refractivity contribution in [2.75, 3.05) is 13.2 Å². The Morgan fingerprint density at radius 2 is 1.81 bits per heavy atom. The van der Waals surface area contributed by atoms with E-state index in [9.17, 15) is 0 Å². The molecule has 0 aliphatic heterocycles. The molecule has 184 valence electrons. The average Bonchev–Trinajstić information content (AvgIpc) is 3.11. The minimum Gasteiger partial charge on any atom is -0.378 e. The number of hydrogen-bond acceptors (Lipinski definition) is 2. The third-order valence-corrected chi connectivity index (χ3v) is 11.0. The van der Waals surface area contributed by atoms with E-state index in [0.29, 0.717) is 16.9 Å². The molecule has 4 rings (SSSR count). The van der Waals surface area contributed by atoms with Gasteiger partial charge in [-0.25, -0.2) is 0 Å². The lowest BCUT2D eigenvalue weighted by atomic mass is 9.47. The Balaban J connectivity index is 1.42. The maximum atomic E-state index is 6.21. The molecule has 3 fully saturated rings. The first-order valence-corrected chi connectivity index (χ1v) is 14.3. The zero-order chi connectivity index (χ0) is 22.9. The normalized spacial score (nSPS) is 42.2. The Morgan fingerprint density at radius 3 is 2.56 bits per heavy atom. The van der Waals surface area contributed by atoms with Crippen molar-refractivity contribution in [3.8, 4) is 0 Å². The van der Waals surface area contributed by atoms with Crippen LogP contribution in [0.25, 0.3) is 0 Å². The van der Waals surface area contributed by atoms with E-state index in [0.717, 1.165) is 55.1 Å². The maximum absolute atomic E-state index is 6.21. The molecule has 4 aliphatic carbocycles. The summed E-state index contributed by atoms with van der Waals surface area (Å²) in [5.41, 5.74) is 8.47. The summed E-state index contributed by atoms with van der Waals surface area (Å²) in [4.78, 5) is 0. The molecule has 0 saturated heterocycles. The van der Waals surface area contributed by atoms with Crippen LogP contribution in [0.2, 0.25) is 0 Å². The molecule has 0 aromatic rings. The number of ether oxygens (including phenoxy) is 1. The lowest BCUT2D eigenvalue weighted by molar-refractivity contribution is -0.0639. The van der Waals surface area contributed by atoms with E-state index in [1.165, 1.54) is 70.6 Å². The molecule has 32 heavy (non-hydrogen) atoms. The molecule has 4 aliphatic rings. The molecule has 0 aromatic heterocycles. The van der Waals surface area contributed by atoms with Crippen molar-refractivity contribution < 1.29 is 4.74 Å². The summed E-state index contributed by atoms with van der Waals surface area (Å²) in [7, 11) is 0. The van der Waals surface area contributed by atoms with Gasteiger partial charge in [0, 0.05) is 6.61 Å². The lowest BCUT2D eigenvalue weighted by Gasteiger charge is -2.58. The van der Waals surface area contributed by atoms with Crippen molar-refractivity contribution in [1.82, 2.24) is 0 Å². The number of rotatable bonds is 9. The fourth-order valence-electron chi connectivity index (χ4n) is 9.13. The van der Waals surface area contributed by atoms with Gasteiger partial charge in [0.15, 0.2) is 0 Å². The summed E-state index contributed by atoms with van der Waals surface area (Å²) in [5, 5.41) is 0. The second-order valence-corrected chi connectivity index (χ2v) is 13.2.